The molecule has 3 rings (SSSR count). The zero-order chi connectivity index (χ0) is 15.0. The number of hydrogen-bond donors (Lipinski definition) is 1. The third-order valence-electron chi connectivity index (χ3n) is 4.05. The summed E-state index contributed by atoms with van der Waals surface area (Å²) in [5, 5.41) is 1.28. The molecule has 0 atom stereocenters. The van der Waals surface area contributed by atoms with E-state index >= 15 is 0 Å². The summed E-state index contributed by atoms with van der Waals surface area (Å²) >= 11 is 3.42. The van der Waals surface area contributed by atoms with Gasteiger partial charge in [0.1, 0.15) is 0 Å². The minimum absolute atomic E-state index is 0.577. The average molecular weight is 344 g/mol. The lowest BCUT2D eigenvalue weighted by Crippen LogP contribution is -2.03. The molecule has 0 aliphatic heterocycles. The summed E-state index contributed by atoms with van der Waals surface area (Å²) in [7, 11) is 0. The number of nitrogens with two attached hydrogens (primary N) is 1. The fourth-order valence-corrected chi connectivity index (χ4v) is 2.92. The predicted octanol–water partition coefficient (Wildman–Crippen LogP) is 3.92. The van der Waals surface area contributed by atoms with Crippen LogP contribution in [0.4, 0.5) is 0 Å². The van der Waals surface area contributed by atoms with Gasteiger partial charge in [0.15, 0.2) is 0 Å². The van der Waals surface area contributed by atoms with E-state index in [0.717, 1.165) is 16.7 Å². The van der Waals surface area contributed by atoms with Crippen LogP contribution < -0.4 is 5.73 Å². The van der Waals surface area contributed by atoms with E-state index in [2.05, 4.69) is 63.6 Å². The van der Waals surface area contributed by atoms with E-state index in [4.69, 9.17) is 5.73 Å². The Morgan fingerprint density at radius 2 is 2.00 bits per heavy atom. The van der Waals surface area contributed by atoms with E-state index in [1.54, 1.807) is 0 Å². The van der Waals surface area contributed by atoms with Gasteiger partial charge in [-0.2, -0.15) is 0 Å². The van der Waals surface area contributed by atoms with Crippen LogP contribution in [-0.4, -0.2) is 9.55 Å². The minimum atomic E-state index is 0.577. The molecule has 4 heteroatoms. The van der Waals surface area contributed by atoms with Crippen molar-refractivity contribution in [2.24, 2.45) is 5.73 Å². The Morgan fingerprint density at radius 1 is 1.19 bits per heavy atom. The van der Waals surface area contributed by atoms with Crippen LogP contribution in [0, 0.1) is 13.8 Å². The molecule has 0 bridgehead atoms. The second-order valence-corrected chi connectivity index (χ2v) is 6.24. The van der Waals surface area contributed by atoms with Crippen molar-refractivity contribution >= 4 is 26.8 Å². The Balaban J connectivity index is 2.09. The quantitative estimate of drug-likeness (QED) is 0.783. The molecule has 0 saturated heterocycles. The topological polar surface area (TPSA) is 43.8 Å². The summed E-state index contributed by atoms with van der Waals surface area (Å²) in [6, 6.07) is 10.5. The molecule has 0 amide bonds. The molecule has 3 nitrogen and oxygen atoms in total. The molecule has 2 aromatic heterocycles. The summed E-state index contributed by atoms with van der Waals surface area (Å²) in [6.45, 7) is 5.69. The van der Waals surface area contributed by atoms with Gasteiger partial charge >= 0.3 is 0 Å². The molecule has 0 aliphatic carbocycles. The first-order chi connectivity index (χ1) is 10.1. The van der Waals surface area contributed by atoms with Crippen LogP contribution in [0.3, 0.4) is 0 Å². The highest BCUT2D eigenvalue weighted by Gasteiger charge is 2.12. The van der Waals surface area contributed by atoms with Gasteiger partial charge in [0.25, 0.3) is 0 Å². The van der Waals surface area contributed by atoms with Gasteiger partial charge in [-0.3, -0.25) is 4.98 Å². The molecule has 0 radical (unpaired) electrons. The Bertz CT molecular complexity index is 788. The maximum Gasteiger partial charge on any atom is 0.0651 e. The van der Waals surface area contributed by atoms with Crippen molar-refractivity contribution in [3.05, 3.63) is 63.5 Å². The molecule has 0 fully saturated rings. The van der Waals surface area contributed by atoms with E-state index < -0.39 is 0 Å². The zero-order valence-electron chi connectivity index (χ0n) is 12.2. The van der Waals surface area contributed by atoms with E-state index in [1.807, 2.05) is 12.3 Å². The van der Waals surface area contributed by atoms with E-state index in [0.29, 0.717) is 6.54 Å². The zero-order valence-corrected chi connectivity index (χ0v) is 13.8. The average Bonchev–Trinajstić information content (AvgIpc) is 2.74. The molecule has 2 heterocycles. The lowest BCUT2D eigenvalue weighted by Gasteiger charge is -2.08. The molecule has 0 aliphatic rings. The Hall–Kier alpha value is -1.65. The van der Waals surface area contributed by atoms with Gasteiger partial charge in [0.05, 0.1) is 12.2 Å². The third-order valence-corrected chi connectivity index (χ3v) is 4.52. The molecule has 0 spiro atoms. The molecule has 3 aromatic rings. The van der Waals surface area contributed by atoms with Crippen LogP contribution in [0.15, 0.2) is 41.0 Å². The third kappa shape index (κ3) is 2.61. The number of halogens is 1. The smallest absolute Gasteiger partial charge is 0.0651 e. The highest BCUT2D eigenvalue weighted by Crippen LogP contribution is 2.27. The van der Waals surface area contributed by atoms with Crippen molar-refractivity contribution in [1.29, 1.82) is 0 Å². The van der Waals surface area contributed by atoms with Gasteiger partial charge in [-0.1, -0.05) is 6.07 Å². The van der Waals surface area contributed by atoms with Gasteiger partial charge in [-0.15, -0.1) is 0 Å². The normalized spacial score (nSPS) is 11.2. The highest BCUT2D eigenvalue weighted by molar-refractivity contribution is 9.10. The molecule has 2 N–H and O–H groups in total. The van der Waals surface area contributed by atoms with Crippen LogP contribution in [0.1, 0.15) is 22.5 Å². The van der Waals surface area contributed by atoms with Gasteiger partial charge in [-0.05, 0) is 65.2 Å². The summed E-state index contributed by atoms with van der Waals surface area (Å²) in [5.74, 6) is 0. The van der Waals surface area contributed by atoms with Crippen molar-refractivity contribution in [3.8, 4) is 0 Å². The second kappa shape index (κ2) is 5.62. The Kier molecular flexibility index (Phi) is 3.83. The van der Waals surface area contributed by atoms with E-state index in [9.17, 15) is 0 Å². The summed E-state index contributed by atoms with van der Waals surface area (Å²) < 4.78 is 3.32. The number of rotatable bonds is 3. The van der Waals surface area contributed by atoms with Crippen LogP contribution in [-0.2, 0) is 13.1 Å². The first-order valence-electron chi connectivity index (χ1n) is 6.99. The van der Waals surface area contributed by atoms with Crippen LogP contribution in [0.2, 0.25) is 0 Å². The van der Waals surface area contributed by atoms with Crippen molar-refractivity contribution in [2.75, 3.05) is 0 Å². The number of nitrogens with zero attached hydrogens (tertiary/aromatic N) is 2. The lowest BCUT2D eigenvalue weighted by atomic mass is 10.1. The van der Waals surface area contributed by atoms with Crippen LogP contribution >= 0.6 is 15.9 Å². The summed E-state index contributed by atoms with van der Waals surface area (Å²) in [5.41, 5.74) is 11.8. The number of fused-ring (bicyclic) bond motifs is 1. The summed E-state index contributed by atoms with van der Waals surface area (Å²) in [4.78, 5) is 4.48. The molecule has 0 saturated carbocycles. The molecule has 108 valence electrons. The largest absolute Gasteiger partial charge is 0.339 e. The number of aromatic nitrogens is 2. The molecular formula is C17H18BrN3. The summed E-state index contributed by atoms with van der Waals surface area (Å²) in [6.07, 6.45) is 1.84. The predicted molar refractivity (Wildman–Crippen MR) is 90.3 cm³/mol. The molecule has 1 aromatic carbocycles. The van der Waals surface area contributed by atoms with E-state index in [1.165, 1.54) is 27.7 Å². The Morgan fingerprint density at radius 3 is 2.67 bits per heavy atom. The van der Waals surface area contributed by atoms with Gasteiger partial charge in [-0.25, -0.2) is 0 Å². The molecule has 21 heavy (non-hydrogen) atoms. The van der Waals surface area contributed by atoms with Crippen molar-refractivity contribution in [2.45, 2.75) is 26.9 Å². The van der Waals surface area contributed by atoms with Crippen LogP contribution in [0.25, 0.3) is 10.9 Å². The molecular weight excluding hydrogens is 326 g/mol. The van der Waals surface area contributed by atoms with Crippen molar-refractivity contribution in [3.63, 3.8) is 0 Å². The fourth-order valence-electron chi connectivity index (χ4n) is 2.69. The molecule has 0 unspecified atom stereocenters. The number of benzene rings is 1. The maximum atomic E-state index is 5.75. The van der Waals surface area contributed by atoms with Gasteiger partial charge < -0.3 is 10.3 Å². The lowest BCUT2D eigenvalue weighted by molar-refractivity contribution is 0.776. The number of aryl methyl sites for hydroxylation is 1. The van der Waals surface area contributed by atoms with Crippen LogP contribution in [0.5, 0.6) is 0 Å². The maximum absolute atomic E-state index is 5.75. The first-order valence-corrected chi connectivity index (χ1v) is 7.78. The minimum Gasteiger partial charge on any atom is -0.339 e. The van der Waals surface area contributed by atoms with E-state index in [-0.39, 0.29) is 0 Å². The Labute approximate surface area is 132 Å². The first kappa shape index (κ1) is 14.3. The van der Waals surface area contributed by atoms with Gasteiger partial charge in [0.2, 0.25) is 0 Å². The van der Waals surface area contributed by atoms with Crippen molar-refractivity contribution < 1.29 is 0 Å². The highest BCUT2D eigenvalue weighted by atomic mass is 79.9. The number of pyridine rings is 1. The van der Waals surface area contributed by atoms with Crippen molar-refractivity contribution in [1.82, 2.24) is 9.55 Å². The standard InChI is InChI=1S/C17H18BrN3/c1-11-12(2)21(10-15-5-4-14(18)9-20-15)17-6-3-13(8-19)7-16(11)17/h3-7,9H,8,10,19H2,1-2H3. The fraction of sp³-hybridized carbons (Fsp3) is 0.235. The van der Waals surface area contributed by atoms with Gasteiger partial charge in [0, 0.05) is 33.8 Å². The second-order valence-electron chi connectivity index (χ2n) is 5.32. The SMILES string of the molecule is Cc1c(C)n(Cc2ccc(Br)cn2)c2ccc(CN)cc12. The monoisotopic (exact) mass is 343 g/mol. The number of hydrogen-bond acceptors (Lipinski definition) is 2.